The minimum absolute atomic E-state index is 0.604. The molecule has 0 aliphatic heterocycles. The van der Waals surface area contributed by atoms with Gasteiger partial charge in [0.15, 0.2) is 17.5 Å². The third-order valence-electron chi connectivity index (χ3n) is 11.3. The number of aromatic nitrogens is 4. The van der Waals surface area contributed by atoms with Crippen LogP contribution in [0.4, 0.5) is 0 Å². The van der Waals surface area contributed by atoms with E-state index < -0.39 is 0 Å². The van der Waals surface area contributed by atoms with Gasteiger partial charge in [-0.1, -0.05) is 194 Å². The van der Waals surface area contributed by atoms with E-state index in [1.165, 1.54) is 21.9 Å². The van der Waals surface area contributed by atoms with Crippen molar-refractivity contribution < 1.29 is 0 Å². The van der Waals surface area contributed by atoms with Gasteiger partial charge < -0.3 is 4.57 Å². The summed E-state index contributed by atoms with van der Waals surface area (Å²) in [5.74, 6) is 1.85. The molecule has 11 rings (SSSR count). The Kier molecular flexibility index (Phi) is 8.45. The van der Waals surface area contributed by atoms with Gasteiger partial charge in [-0.3, -0.25) is 0 Å². The monoisotopic (exact) mass is 752 g/mol. The van der Waals surface area contributed by atoms with Crippen LogP contribution in [-0.4, -0.2) is 19.5 Å². The van der Waals surface area contributed by atoms with Crippen LogP contribution >= 0.6 is 0 Å². The van der Waals surface area contributed by atoms with E-state index in [1.807, 2.05) is 6.07 Å². The normalized spacial score (nSPS) is 11.4. The Balaban J connectivity index is 1.18. The largest absolute Gasteiger partial charge is 0.309 e. The van der Waals surface area contributed by atoms with Crippen LogP contribution in [0.3, 0.4) is 0 Å². The predicted molar refractivity (Wildman–Crippen MR) is 244 cm³/mol. The average molecular weight is 753 g/mol. The zero-order valence-corrected chi connectivity index (χ0v) is 32.1. The molecule has 2 aromatic heterocycles. The van der Waals surface area contributed by atoms with Crippen LogP contribution in [0.15, 0.2) is 218 Å². The van der Waals surface area contributed by atoms with Gasteiger partial charge in [0.2, 0.25) is 0 Å². The highest BCUT2D eigenvalue weighted by Gasteiger charge is 2.20. The Morgan fingerprint density at radius 2 is 0.780 bits per heavy atom. The fourth-order valence-corrected chi connectivity index (χ4v) is 8.49. The Morgan fingerprint density at radius 1 is 0.271 bits per heavy atom. The molecule has 0 atom stereocenters. The van der Waals surface area contributed by atoms with Crippen LogP contribution in [0.2, 0.25) is 0 Å². The second-order valence-corrected chi connectivity index (χ2v) is 14.8. The van der Waals surface area contributed by atoms with Crippen molar-refractivity contribution in [3.8, 4) is 73.2 Å². The van der Waals surface area contributed by atoms with Crippen LogP contribution in [-0.2, 0) is 0 Å². The van der Waals surface area contributed by atoms with E-state index in [2.05, 4.69) is 217 Å². The number of para-hydroxylation sites is 2. The van der Waals surface area contributed by atoms with E-state index in [0.717, 1.165) is 66.4 Å². The summed E-state index contributed by atoms with van der Waals surface area (Å²) in [5, 5.41) is 4.63. The molecule has 0 aliphatic rings. The van der Waals surface area contributed by atoms with Crippen molar-refractivity contribution in [2.75, 3.05) is 0 Å². The lowest BCUT2D eigenvalue weighted by Gasteiger charge is -2.17. The van der Waals surface area contributed by atoms with Gasteiger partial charge in [0.1, 0.15) is 0 Å². The molecule has 0 amide bonds. The summed E-state index contributed by atoms with van der Waals surface area (Å²) in [4.78, 5) is 15.9. The molecule has 0 saturated heterocycles. The van der Waals surface area contributed by atoms with Crippen molar-refractivity contribution >= 4 is 32.6 Å². The summed E-state index contributed by atoms with van der Waals surface area (Å²) in [6.45, 7) is 0. The number of fused-ring (bicyclic) bond motifs is 4. The lowest BCUT2D eigenvalue weighted by Crippen LogP contribution is -2.03. The van der Waals surface area contributed by atoms with Crippen molar-refractivity contribution in [1.29, 1.82) is 0 Å². The molecular weight excluding hydrogens is 717 g/mol. The smallest absolute Gasteiger partial charge is 0.164 e. The van der Waals surface area contributed by atoms with Crippen molar-refractivity contribution in [3.05, 3.63) is 218 Å². The first-order valence-electron chi connectivity index (χ1n) is 19.9. The topological polar surface area (TPSA) is 43.6 Å². The van der Waals surface area contributed by atoms with Gasteiger partial charge in [-0.2, -0.15) is 0 Å². The zero-order valence-electron chi connectivity index (χ0n) is 32.1. The molecule has 0 N–H and O–H groups in total. The SMILES string of the molecule is c1ccc(-c2cccc(-c3ccc(-c4nc(-c5ccccc5-c5ccccc5)nc(-c5cccc6ccccc56)n4)cc3-n3c4ccccc4c4ccccc43)c2)cc1. The molecule has 0 fully saturated rings. The van der Waals surface area contributed by atoms with Crippen molar-refractivity contribution in [1.82, 2.24) is 19.5 Å². The van der Waals surface area contributed by atoms with Crippen molar-refractivity contribution in [2.45, 2.75) is 0 Å². The van der Waals surface area contributed by atoms with Gasteiger partial charge in [-0.25, -0.2) is 15.0 Å². The zero-order chi connectivity index (χ0) is 39.1. The standard InChI is InChI=1S/C55H36N4/c1-3-17-37(18-4-1)40-23-15-24-41(35-40)45-34-33-42(36-52(45)59-50-31-13-11-27-46(50)47-28-12-14-32-51(47)59)53-56-54(48-29-10-9-26-43(48)38-19-5-2-6-20-38)58-55(57-53)49-30-16-22-39-21-7-8-25-44(39)49/h1-36H. The molecule has 4 nitrogen and oxygen atoms in total. The second kappa shape index (κ2) is 14.5. The molecule has 0 aliphatic carbocycles. The quantitative estimate of drug-likeness (QED) is 0.163. The van der Waals surface area contributed by atoms with Crippen LogP contribution in [0.1, 0.15) is 0 Å². The Bertz CT molecular complexity index is 3270. The van der Waals surface area contributed by atoms with Gasteiger partial charge in [0.05, 0.1) is 16.7 Å². The fourth-order valence-electron chi connectivity index (χ4n) is 8.49. The molecule has 0 bridgehead atoms. The molecular formula is C55H36N4. The third-order valence-corrected chi connectivity index (χ3v) is 11.3. The molecule has 0 spiro atoms. The minimum Gasteiger partial charge on any atom is -0.309 e. The number of hydrogen-bond donors (Lipinski definition) is 0. The molecule has 276 valence electrons. The van der Waals surface area contributed by atoms with E-state index >= 15 is 0 Å². The molecule has 2 heterocycles. The number of rotatable bonds is 7. The lowest BCUT2D eigenvalue weighted by molar-refractivity contribution is 1.07. The maximum absolute atomic E-state index is 5.34. The Labute approximate surface area is 342 Å². The minimum atomic E-state index is 0.604. The number of nitrogens with zero attached hydrogens (tertiary/aromatic N) is 4. The summed E-state index contributed by atoms with van der Waals surface area (Å²) in [6.07, 6.45) is 0. The summed E-state index contributed by atoms with van der Waals surface area (Å²) >= 11 is 0. The molecule has 9 aromatic carbocycles. The first kappa shape index (κ1) is 34.3. The number of benzene rings is 9. The summed E-state index contributed by atoms with van der Waals surface area (Å²) in [6, 6.07) is 77.0. The van der Waals surface area contributed by atoms with Crippen LogP contribution in [0.5, 0.6) is 0 Å². The first-order chi connectivity index (χ1) is 29.3. The van der Waals surface area contributed by atoms with Crippen molar-refractivity contribution in [2.24, 2.45) is 0 Å². The lowest BCUT2D eigenvalue weighted by atomic mass is 9.96. The van der Waals surface area contributed by atoms with Gasteiger partial charge in [0.25, 0.3) is 0 Å². The Morgan fingerprint density at radius 3 is 1.53 bits per heavy atom. The van der Waals surface area contributed by atoms with E-state index in [1.54, 1.807) is 0 Å². The highest BCUT2D eigenvalue weighted by Crippen LogP contribution is 2.40. The molecule has 4 heteroatoms. The maximum atomic E-state index is 5.34. The van der Waals surface area contributed by atoms with Gasteiger partial charge >= 0.3 is 0 Å². The van der Waals surface area contributed by atoms with Crippen LogP contribution < -0.4 is 0 Å². The van der Waals surface area contributed by atoms with Gasteiger partial charge in [-0.15, -0.1) is 0 Å². The second-order valence-electron chi connectivity index (χ2n) is 14.8. The predicted octanol–water partition coefficient (Wildman–Crippen LogP) is 14.1. The molecule has 0 unspecified atom stereocenters. The summed E-state index contributed by atoms with van der Waals surface area (Å²) < 4.78 is 2.40. The summed E-state index contributed by atoms with van der Waals surface area (Å²) in [7, 11) is 0. The molecule has 0 saturated carbocycles. The van der Waals surface area contributed by atoms with E-state index in [0.29, 0.717) is 17.5 Å². The fraction of sp³-hybridized carbons (Fsp3) is 0. The molecule has 11 aromatic rings. The van der Waals surface area contributed by atoms with E-state index in [4.69, 9.17) is 15.0 Å². The molecule has 59 heavy (non-hydrogen) atoms. The third kappa shape index (κ3) is 6.15. The van der Waals surface area contributed by atoms with E-state index in [9.17, 15) is 0 Å². The highest BCUT2D eigenvalue weighted by atomic mass is 15.0. The van der Waals surface area contributed by atoms with Gasteiger partial charge in [0, 0.05) is 33.0 Å². The summed E-state index contributed by atoms with van der Waals surface area (Å²) in [5.41, 5.74) is 12.9. The van der Waals surface area contributed by atoms with E-state index in [-0.39, 0.29) is 0 Å². The van der Waals surface area contributed by atoms with Crippen LogP contribution in [0.25, 0.3) is 106 Å². The van der Waals surface area contributed by atoms with Crippen molar-refractivity contribution in [3.63, 3.8) is 0 Å². The van der Waals surface area contributed by atoms with Crippen LogP contribution in [0, 0.1) is 0 Å². The average Bonchev–Trinajstić information content (AvgIpc) is 3.66. The first-order valence-corrected chi connectivity index (χ1v) is 19.9. The van der Waals surface area contributed by atoms with Gasteiger partial charge in [-0.05, 0) is 62.9 Å². The molecule has 0 radical (unpaired) electrons. The maximum Gasteiger partial charge on any atom is 0.164 e. The Hall–Kier alpha value is -7.95. The number of hydrogen-bond acceptors (Lipinski definition) is 3. The highest BCUT2D eigenvalue weighted by molar-refractivity contribution is 6.10.